The second-order valence-corrected chi connectivity index (χ2v) is 8.55. The molecule has 1 aromatic carbocycles. The Kier molecular flexibility index (Phi) is 5.50. The van der Waals surface area contributed by atoms with E-state index in [0.717, 1.165) is 40.8 Å². The van der Waals surface area contributed by atoms with Crippen LogP contribution in [0.4, 0.5) is 0 Å². The van der Waals surface area contributed by atoms with E-state index in [-0.39, 0.29) is 11.5 Å². The van der Waals surface area contributed by atoms with Gasteiger partial charge in [-0.15, -0.1) is 0 Å². The summed E-state index contributed by atoms with van der Waals surface area (Å²) < 4.78 is 3.52. The average molecular weight is 407 g/mol. The molecule has 1 aliphatic rings. The van der Waals surface area contributed by atoms with E-state index in [1.54, 1.807) is 11.6 Å². The summed E-state index contributed by atoms with van der Waals surface area (Å²) in [4.78, 5) is 25.6. The fourth-order valence-corrected chi connectivity index (χ4v) is 4.64. The van der Waals surface area contributed by atoms with Gasteiger partial charge in [-0.1, -0.05) is 30.5 Å². The predicted octanol–water partition coefficient (Wildman–Crippen LogP) is 3.64. The SMILES string of the molecule is Cc1ccc(-n2nc(C)c3c(C)c(CCC(=O)NC4CCCC4)c(=O)n(C)c32)cc1. The minimum Gasteiger partial charge on any atom is -0.353 e. The summed E-state index contributed by atoms with van der Waals surface area (Å²) in [6, 6.07) is 8.42. The molecule has 1 aliphatic carbocycles. The predicted molar refractivity (Wildman–Crippen MR) is 119 cm³/mol. The number of aryl methyl sites for hydroxylation is 4. The molecule has 1 amide bonds. The first kappa shape index (κ1) is 20.4. The maximum atomic E-state index is 13.2. The summed E-state index contributed by atoms with van der Waals surface area (Å²) in [6.07, 6.45) is 5.29. The van der Waals surface area contributed by atoms with Crippen molar-refractivity contribution < 1.29 is 4.79 Å². The lowest BCUT2D eigenvalue weighted by Gasteiger charge is -2.14. The number of carbonyl (C=O) groups is 1. The van der Waals surface area contributed by atoms with E-state index in [1.165, 1.54) is 18.4 Å². The van der Waals surface area contributed by atoms with E-state index < -0.39 is 0 Å². The van der Waals surface area contributed by atoms with E-state index in [0.29, 0.717) is 24.4 Å². The van der Waals surface area contributed by atoms with Crippen LogP contribution in [0.1, 0.15) is 54.5 Å². The third-order valence-electron chi connectivity index (χ3n) is 6.35. The first-order valence-electron chi connectivity index (χ1n) is 10.8. The Hall–Kier alpha value is -2.89. The van der Waals surface area contributed by atoms with E-state index >= 15 is 0 Å². The van der Waals surface area contributed by atoms with Gasteiger partial charge in [-0.25, -0.2) is 4.68 Å². The van der Waals surface area contributed by atoms with Crippen molar-refractivity contribution in [2.45, 2.75) is 65.3 Å². The highest BCUT2D eigenvalue weighted by Gasteiger charge is 2.21. The molecule has 6 heteroatoms. The number of carbonyl (C=O) groups excluding carboxylic acids is 1. The first-order chi connectivity index (χ1) is 14.4. The molecular formula is C24H30N4O2. The molecule has 158 valence electrons. The molecule has 3 aromatic rings. The van der Waals surface area contributed by atoms with Gasteiger partial charge in [-0.05, 0) is 57.7 Å². The molecule has 4 rings (SSSR count). The van der Waals surface area contributed by atoms with Crippen LogP contribution < -0.4 is 10.9 Å². The molecule has 1 fully saturated rings. The van der Waals surface area contributed by atoms with Gasteiger partial charge < -0.3 is 5.32 Å². The number of hydrogen-bond donors (Lipinski definition) is 1. The van der Waals surface area contributed by atoms with Gasteiger partial charge in [0.15, 0.2) is 0 Å². The van der Waals surface area contributed by atoms with Crippen molar-refractivity contribution in [1.29, 1.82) is 0 Å². The molecular weight excluding hydrogens is 376 g/mol. The zero-order chi connectivity index (χ0) is 21.4. The highest BCUT2D eigenvalue weighted by atomic mass is 16.1. The van der Waals surface area contributed by atoms with Crippen LogP contribution in [0.3, 0.4) is 0 Å². The van der Waals surface area contributed by atoms with Crippen LogP contribution in [0.15, 0.2) is 29.1 Å². The second kappa shape index (κ2) is 8.09. The molecule has 0 unspecified atom stereocenters. The van der Waals surface area contributed by atoms with Gasteiger partial charge in [0.25, 0.3) is 5.56 Å². The number of nitrogens with one attached hydrogen (secondary N) is 1. The van der Waals surface area contributed by atoms with Gasteiger partial charge in [0.05, 0.1) is 11.4 Å². The van der Waals surface area contributed by atoms with Gasteiger partial charge >= 0.3 is 0 Å². The summed E-state index contributed by atoms with van der Waals surface area (Å²) in [5.41, 5.74) is 5.36. The minimum absolute atomic E-state index is 0.0375. The molecule has 0 saturated heterocycles. The van der Waals surface area contributed by atoms with Crippen molar-refractivity contribution in [2.24, 2.45) is 7.05 Å². The maximum Gasteiger partial charge on any atom is 0.255 e. The molecule has 1 saturated carbocycles. The second-order valence-electron chi connectivity index (χ2n) is 8.55. The lowest BCUT2D eigenvalue weighted by molar-refractivity contribution is -0.121. The number of amides is 1. The van der Waals surface area contributed by atoms with Crippen LogP contribution in [-0.4, -0.2) is 26.3 Å². The quantitative estimate of drug-likeness (QED) is 0.703. The lowest BCUT2D eigenvalue weighted by Crippen LogP contribution is -2.33. The molecule has 30 heavy (non-hydrogen) atoms. The Labute approximate surface area is 176 Å². The first-order valence-corrected chi connectivity index (χ1v) is 10.8. The Morgan fingerprint density at radius 3 is 2.47 bits per heavy atom. The van der Waals surface area contributed by atoms with Crippen LogP contribution in [0.2, 0.25) is 0 Å². The summed E-state index contributed by atoms with van der Waals surface area (Å²) in [6.45, 7) is 5.99. The van der Waals surface area contributed by atoms with E-state index in [9.17, 15) is 9.59 Å². The molecule has 0 radical (unpaired) electrons. The molecule has 2 aromatic heterocycles. The van der Waals surface area contributed by atoms with Gasteiger partial charge in [0.2, 0.25) is 5.91 Å². The number of pyridine rings is 1. The van der Waals surface area contributed by atoms with Gasteiger partial charge in [-0.3, -0.25) is 14.2 Å². The standard InChI is InChI=1S/C24H30N4O2/c1-15-9-11-19(12-10-15)28-23-22(17(3)26-28)16(2)20(24(30)27(23)4)13-14-21(29)25-18-7-5-6-8-18/h9-12,18H,5-8,13-14H2,1-4H3,(H,25,29). The smallest absolute Gasteiger partial charge is 0.255 e. The Balaban J connectivity index is 1.69. The Bertz CT molecular complexity index is 1150. The number of fused-ring (bicyclic) bond motifs is 1. The fraction of sp³-hybridized carbons (Fsp3) is 0.458. The number of aromatic nitrogens is 3. The van der Waals surface area contributed by atoms with Crippen molar-refractivity contribution in [3.05, 3.63) is 57.0 Å². The van der Waals surface area contributed by atoms with Gasteiger partial charge in [-0.2, -0.15) is 5.10 Å². The third-order valence-corrected chi connectivity index (χ3v) is 6.35. The summed E-state index contributed by atoms with van der Waals surface area (Å²) in [5.74, 6) is 0.0375. The topological polar surface area (TPSA) is 68.9 Å². The number of rotatable bonds is 5. The Morgan fingerprint density at radius 2 is 1.80 bits per heavy atom. The largest absolute Gasteiger partial charge is 0.353 e. The summed E-state index contributed by atoms with van der Waals surface area (Å²) in [7, 11) is 1.79. The zero-order valence-electron chi connectivity index (χ0n) is 18.3. The van der Waals surface area contributed by atoms with Crippen LogP contribution in [0.5, 0.6) is 0 Å². The summed E-state index contributed by atoms with van der Waals surface area (Å²) >= 11 is 0. The van der Waals surface area contributed by atoms with Crippen molar-refractivity contribution in [3.63, 3.8) is 0 Å². The zero-order valence-corrected chi connectivity index (χ0v) is 18.3. The normalized spacial score (nSPS) is 14.5. The van der Waals surface area contributed by atoms with Crippen LogP contribution in [0.25, 0.3) is 16.7 Å². The van der Waals surface area contributed by atoms with Crippen LogP contribution in [0, 0.1) is 20.8 Å². The molecule has 0 atom stereocenters. The van der Waals surface area contributed by atoms with Crippen molar-refractivity contribution in [2.75, 3.05) is 0 Å². The molecule has 0 spiro atoms. The van der Waals surface area contributed by atoms with E-state index in [2.05, 4.69) is 5.32 Å². The van der Waals surface area contributed by atoms with Crippen molar-refractivity contribution >= 4 is 16.9 Å². The third kappa shape index (κ3) is 3.66. The molecule has 6 nitrogen and oxygen atoms in total. The summed E-state index contributed by atoms with van der Waals surface area (Å²) in [5, 5.41) is 8.84. The monoisotopic (exact) mass is 406 g/mol. The van der Waals surface area contributed by atoms with Crippen LogP contribution in [-0.2, 0) is 18.3 Å². The maximum absolute atomic E-state index is 13.2. The van der Waals surface area contributed by atoms with Crippen LogP contribution >= 0.6 is 0 Å². The number of benzene rings is 1. The Morgan fingerprint density at radius 1 is 1.13 bits per heavy atom. The van der Waals surface area contributed by atoms with Crippen molar-refractivity contribution in [1.82, 2.24) is 19.7 Å². The van der Waals surface area contributed by atoms with Crippen molar-refractivity contribution in [3.8, 4) is 5.69 Å². The number of nitrogens with zero attached hydrogens (tertiary/aromatic N) is 3. The molecule has 0 bridgehead atoms. The lowest BCUT2D eigenvalue weighted by atomic mass is 10.0. The van der Waals surface area contributed by atoms with Gasteiger partial charge in [0.1, 0.15) is 5.65 Å². The molecule has 2 heterocycles. The molecule has 0 aliphatic heterocycles. The minimum atomic E-state index is -0.0538. The number of hydrogen-bond acceptors (Lipinski definition) is 3. The molecule has 1 N–H and O–H groups in total. The van der Waals surface area contributed by atoms with E-state index in [4.69, 9.17) is 5.10 Å². The average Bonchev–Trinajstić information content (AvgIpc) is 3.34. The fourth-order valence-electron chi connectivity index (χ4n) is 4.64. The van der Waals surface area contributed by atoms with Gasteiger partial charge in [0, 0.05) is 30.5 Å². The van der Waals surface area contributed by atoms with E-state index in [1.807, 2.05) is 49.7 Å². The highest BCUT2D eigenvalue weighted by Crippen LogP contribution is 2.26. The highest BCUT2D eigenvalue weighted by molar-refractivity contribution is 5.85.